The summed E-state index contributed by atoms with van der Waals surface area (Å²) in [7, 11) is 0.764. The Balaban J connectivity index is 2.51. The van der Waals surface area contributed by atoms with Gasteiger partial charge < -0.3 is 15.8 Å². The molecular weight excluding hydrogens is 226 g/mol. The van der Waals surface area contributed by atoms with Crippen LogP contribution in [0.2, 0.25) is 0 Å². The Morgan fingerprint density at radius 3 is 2.94 bits per heavy atom. The van der Waals surface area contributed by atoms with Crippen LogP contribution in [-0.2, 0) is 10.8 Å². The van der Waals surface area contributed by atoms with Gasteiger partial charge in [-0.05, 0) is 12.1 Å². The molecule has 1 atom stereocenters. The quantitative estimate of drug-likeness (QED) is 0.774. The Hall–Kier alpha value is -1.30. The third kappa shape index (κ3) is 3.69. The van der Waals surface area contributed by atoms with Gasteiger partial charge in [0, 0.05) is 28.9 Å². The van der Waals surface area contributed by atoms with Crippen LogP contribution >= 0.6 is 0 Å². The first kappa shape index (κ1) is 12.8. The van der Waals surface area contributed by atoms with Crippen LogP contribution in [0.4, 0.5) is 11.5 Å². The lowest BCUT2D eigenvalue weighted by molar-refractivity contribution is 0.401. The second-order valence-corrected chi connectivity index (χ2v) is 5.02. The molecule has 0 bridgehead atoms. The number of ether oxygens (including phenoxy) is 1. The number of nitrogen functional groups attached to an aromatic ring is 1. The highest BCUT2D eigenvalue weighted by molar-refractivity contribution is 7.84. The predicted molar refractivity (Wildman–Crippen MR) is 67.2 cm³/mol. The second-order valence-electron chi connectivity index (χ2n) is 3.15. The van der Waals surface area contributed by atoms with Crippen molar-refractivity contribution >= 4 is 22.3 Å². The Morgan fingerprint density at radius 2 is 2.31 bits per heavy atom. The highest BCUT2D eigenvalue weighted by atomic mass is 32.2. The van der Waals surface area contributed by atoms with Gasteiger partial charge in [-0.3, -0.25) is 4.21 Å². The molecule has 0 saturated carbocycles. The third-order valence-corrected chi connectivity index (χ3v) is 3.34. The summed E-state index contributed by atoms with van der Waals surface area (Å²) in [5.41, 5.74) is 6.14. The number of nitrogens with one attached hydrogen (secondary N) is 1. The minimum absolute atomic E-state index is 0.404. The number of hydrogen-bond acceptors (Lipinski definition) is 5. The van der Waals surface area contributed by atoms with Crippen LogP contribution in [0.5, 0.6) is 5.88 Å². The largest absolute Gasteiger partial charge is 0.479 e. The van der Waals surface area contributed by atoms with Gasteiger partial charge >= 0.3 is 0 Å². The number of nitrogens with zero attached hydrogens (tertiary/aromatic N) is 1. The first-order valence-corrected chi connectivity index (χ1v) is 6.55. The van der Waals surface area contributed by atoms with E-state index in [0.29, 0.717) is 35.4 Å². The summed E-state index contributed by atoms with van der Waals surface area (Å²) in [6, 6.07) is 3.50. The van der Waals surface area contributed by atoms with Gasteiger partial charge in [-0.25, -0.2) is 0 Å². The number of methoxy groups -OCH3 is 1. The average Bonchev–Trinajstić information content (AvgIpc) is 2.31. The second kappa shape index (κ2) is 6.32. The average molecular weight is 243 g/mol. The summed E-state index contributed by atoms with van der Waals surface area (Å²) in [6.45, 7) is 2.53. The van der Waals surface area contributed by atoms with E-state index < -0.39 is 10.8 Å². The van der Waals surface area contributed by atoms with E-state index in [1.54, 1.807) is 12.1 Å². The van der Waals surface area contributed by atoms with Gasteiger partial charge in [0.25, 0.3) is 0 Å². The van der Waals surface area contributed by atoms with Crippen molar-refractivity contribution in [1.82, 2.24) is 4.98 Å². The van der Waals surface area contributed by atoms with Gasteiger partial charge in [0.15, 0.2) is 0 Å². The zero-order valence-electron chi connectivity index (χ0n) is 9.53. The van der Waals surface area contributed by atoms with Crippen molar-refractivity contribution in [3.8, 4) is 5.88 Å². The highest BCUT2D eigenvalue weighted by Crippen LogP contribution is 2.19. The van der Waals surface area contributed by atoms with Crippen molar-refractivity contribution in [3.05, 3.63) is 12.1 Å². The fourth-order valence-electron chi connectivity index (χ4n) is 1.15. The van der Waals surface area contributed by atoms with Crippen LogP contribution in [0.3, 0.4) is 0 Å². The standard InChI is InChI=1S/C10H17N3O2S/c1-3-16(14)7-6-12-9-5-4-8(11)10(13-9)15-2/h4-5H,3,6-7,11H2,1-2H3,(H,12,13). The maximum Gasteiger partial charge on any atom is 0.238 e. The molecule has 1 unspecified atom stereocenters. The molecule has 1 aromatic heterocycles. The van der Waals surface area contributed by atoms with Crippen molar-refractivity contribution in [2.24, 2.45) is 0 Å². The van der Waals surface area contributed by atoms with Crippen LogP contribution < -0.4 is 15.8 Å². The lowest BCUT2D eigenvalue weighted by Crippen LogP contribution is -2.13. The minimum atomic E-state index is -0.758. The van der Waals surface area contributed by atoms with E-state index in [1.165, 1.54) is 7.11 Å². The lowest BCUT2D eigenvalue weighted by Gasteiger charge is -2.08. The Morgan fingerprint density at radius 1 is 1.56 bits per heavy atom. The van der Waals surface area contributed by atoms with E-state index in [-0.39, 0.29) is 0 Å². The summed E-state index contributed by atoms with van der Waals surface area (Å²) in [4.78, 5) is 4.16. The molecule has 0 aliphatic carbocycles. The summed E-state index contributed by atoms with van der Waals surface area (Å²) in [6.07, 6.45) is 0. The molecule has 0 aliphatic rings. The van der Waals surface area contributed by atoms with Gasteiger partial charge in [-0.15, -0.1) is 0 Å². The summed E-state index contributed by atoms with van der Waals surface area (Å²) in [5.74, 6) is 2.38. The number of nitrogens with two attached hydrogens (primary N) is 1. The molecule has 16 heavy (non-hydrogen) atoms. The normalized spacial score (nSPS) is 12.1. The van der Waals surface area contributed by atoms with Crippen molar-refractivity contribution in [2.75, 3.05) is 36.2 Å². The molecule has 1 rings (SSSR count). The topological polar surface area (TPSA) is 77.2 Å². The Labute approximate surface area is 97.9 Å². The van der Waals surface area contributed by atoms with Gasteiger partial charge in [-0.2, -0.15) is 4.98 Å². The number of pyridine rings is 1. The maximum atomic E-state index is 11.2. The number of anilines is 2. The molecule has 0 radical (unpaired) electrons. The summed E-state index contributed by atoms with van der Waals surface area (Å²) in [5, 5.41) is 3.07. The van der Waals surface area contributed by atoms with E-state index >= 15 is 0 Å². The van der Waals surface area contributed by atoms with Crippen LogP contribution in [0.1, 0.15) is 6.92 Å². The third-order valence-electron chi connectivity index (χ3n) is 2.04. The Kier molecular flexibility index (Phi) is 5.04. The first-order chi connectivity index (χ1) is 7.67. The van der Waals surface area contributed by atoms with Crippen LogP contribution in [0, 0.1) is 0 Å². The van der Waals surface area contributed by atoms with Crippen molar-refractivity contribution in [3.63, 3.8) is 0 Å². The van der Waals surface area contributed by atoms with Crippen LogP contribution in [-0.4, -0.2) is 34.4 Å². The van der Waals surface area contributed by atoms with Crippen LogP contribution in [0.15, 0.2) is 12.1 Å². The van der Waals surface area contributed by atoms with E-state index in [1.807, 2.05) is 6.92 Å². The van der Waals surface area contributed by atoms with Crippen molar-refractivity contribution in [1.29, 1.82) is 0 Å². The summed E-state index contributed by atoms with van der Waals surface area (Å²) >= 11 is 0. The molecule has 90 valence electrons. The van der Waals surface area contributed by atoms with Crippen molar-refractivity contribution in [2.45, 2.75) is 6.92 Å². The van der Waals surface area contributed by atoms with Crippen LogP contribution in [0.25, 0.3) is 0 Å². The predicted octanol–water partition coefficient (Wildman–Crippen LogP) is 0.853. The minimum Gasteiger partial charge on any atom is -0.479 e. The van der Waals surface area contributed by atoms with E-state index in [2.05, 4.69) is 10.3 Å². The molecule has 3 N–H and O–H groups in total. The zero-order valence-corrected chi connectivity index (χ0v) is 10.3. The fourth-order valence-corrected chi connectivity index (χ4v) is 1.77. The zero-order chi connectivity index (χ0) is 12.0. The van der Waals surface area contributed by atoms with Gasteiger partial charge in [0.1, 0.15) is 5.82 Å². The van der Waals surface area contributed by atoms with E-state index in [9.17, 15) is 4.21 Å². The van der Waals surface area contributed by atoms with Gasteiger partial charge in [0.2, 0.25) is 5.88 Å². The van der Waals surface area contributed by atoms with Crippen molar-refractivity contribution < 1.29 is 8.95 Å². The molecule has 0 aliphatic heterocycles. The highest BCUT2D eigenvalue weighted by Gasteiger charge is 2.02. The van der Waals surface area contributed by atoms with E-state index in [0.717, 1.165) is 0 Å². The molecule has 0 spiro atoms. The van der Waals surface area contributed by atoms with Gasteiger partial charge in [0.05, 0.1) is 12.8 Å². The number of aromatic nitrogens is 1. The molecule has 6 heteroatoms. The molecular formula is C10H17N3O2S. The van der Waals surface area contributed by atoms with Gasteiger partial charge in [-0.1, -0.05) is 6.92 Å². The summed E-state index contributed by atoms with van der Waals surface area (Å²) < 4.78 is 16.2. The monoisotopic (exact) mass is 243 g/mol. The molecule has 1 aromatic rings. The number of hydrogen-bond donors (Lipinski definition) is 2. The van der Waals surface area contributed by atoms with E-state index in [4.69, 9.17) is 10.5 Å². The molecule has 0 aromatic carbocycles. The number of rotatable bonds is 6. The molecule has 0 amide bonds. The molecule has 5 nitrogen and oxygen atoms in total. The smallest absolute Gasteiger partial charge is 0.238 e. The molecule has 0 saturated heterocycles. The first-order valence-electron chi connectivity index (χ1n) is 5.06. The fraction of sp³-hybridized carbons (Fsp3) is 0.500. The lowest BCUT2D eigenvalue weighted by atomic mass is 10.4. The SMILES string of the molecule is CCS(=O)CCNc1ccc(N)c(OC)n1. The Bertz CT molecular complexity index is 371. The molecule has 1 heterocycles. The maximum absolute atomic E-state index is 11.2. The molecule has 0 fully saturated rings.